The van der Waals surface area contributed by atoms with Gasteiger partial charge in [-0.2, -0.15) is 0 Å². The number of rotatable bonds is 1. The second-order valence-electron chi connectivity index (χ2n) is 7.82. The van der Waals surface area contributed by atoms with E-state index < -0.39 is 16.0 Å². The normalized spacial score (nSPS) is 33.4. The molecule has 1 spiro atoms. The van der Waals surface area contributed by atoms with Crippen LogP contribution < -0.4 is 4.74 Å². The molecular formula is C19H18Cl3NO4. The fourth-order valence-corrected chi connectivity index (χ4v) is 5.92. The molecule has 8 heteroatoms. The number of ether oxygens (including phenoxy) is 2. The van der Waals surface area contributed by atoms with Gasteiger partial charge < -0.3 is 14.4 Å². The predicted molar refractivity (Wildman–Crippen MR) is 101 cm³/mol. The van der Waals surface area contributed by atoms with Crippen LogP contribution in [0.4, 0.5) is 4.79 Å². The van der Waals surface area contributed by atoms with Crippen LogP contribution in [0.2, 0.25) is 0 Å². The number of amides is 1. The molecule has 0 radical (unpaired) electrons. The minimum Gasteiger partial charge on any atom is -0.481 e. The lowest BCUT2D eigenvalue weighted by atomic mass is 9.52. The molecule has 0 aromatic heterocycles. The Morgan fingerprint density at radius 3 is 2.96 bits per heavy atom. The molecule has 4 atom stereocenters. The van der Waals surface area contributed by atoms with Crippen LogP contribution in [0.3, 0.4) is 0 Å². The highest BCUT2D eigenvalue weighted by Gasteiger charge is 2.66. The van der Waals surface area contributed by atoms with Crippen LogP contribution in [-0.2, 0) is 21.4 Å². The number of likely N-dealkylation sites (tertiary alicyclic amines) is 1. The molecule has 5 nitrogen and oxygen atoms in total. The Morgan fingerprint density at radius 2 is 2.19 bits per heavy atom. The van der Waals surface area contributed by atoms with E-state index in [-0.39, 0.29) is 29.8 Å². The molecule has 144 valence electrons. The number of hydrogen-bond donors (Lipinski definition) is 0. The Kier molecular flexibility index (Phi) is 3.92. The van der Waals surface area contributed by atoms with Gasteiger partial charge in [0.2, 0.25) is 3.79 Å². The van der Waals surface area contributed by atoms with Gasteiger partial charge in [-0.05, 0) is 36.8 Å². The SMILES string of the molecule is O=C1CCC2C3Cc4cccc5c4C2(CCN3C(=O)OCC(Cl)(Cl)Cl)C1O5. The van der Waals surface area contributed by atoms with Crippen molar-refractivity contribution in [3.05, 3.63) is 29.3 Å². The summed E-state index contributed by atoms with van der Waals surface area (Å²) in [6.45, 7) is 0.210. The van der Waals surface area contributed by atoms with Gasteiger partial charge in [-0.1, -0.05) is 46.9 Å². The first-order valence-corrected chi connectivity index (χ1v) is 10.3. The zero-order valence-electron chi connectivity index (χ0n) is 14.4. The van der Waals surface area contributed by atoms with Crippen LogP contribution in [0.25, 0.3) is 0 Å². The molecule has 2 heterocycles. The standard InChI is InChI=1S/C19H18Cl3NO4/c20-19(21,22)9-26-17(25)23-7-6-18-11-4-5-13(24)16(18)27-14-3-1-2-10(15(14)18)8-12(11)23/h1-3,11-12,16H,4-9H2. The van der Waals surface area contributed by atoms with Crippen molar-refractivity contribution in [2.75, 3.05) is 13.2 Å². The van der Waals surface area contributed by atoms with Crippen molar-refractivity contribution in [3.8, 4) is 5.75 Å². The van der Waals surface area contributed by atoms with Gasteiger partial charge >= 0.3 is 6.09 Å². The van der Waals surface area contributed by atoms with Gasteiger partial charge in [0.15, 0.2) is 11.9 Å². The van der Waals surface area contributed by atoms with Crippen molar-refractivity contribution in [1.82, 2.24) is 4.90 Å². The number of ketones is 1. The van der Waals surface area contributed by atoms with E-state index in [4.69, 9.17) is 44.3 Å². The van der Waals surface area contributed by atoms with Crippen LogP contribution >= 0.6 is 34.8 Å². The van der Waals surface area contributed by atoms with Crippen molar-refractivity contribution in [3.63, 3.8) is 0 Å². The fraction of sp³-hybridized carbons (Fsp3) is 0.579. The van der Waals surface area contributed by atoms with Crippen LogP contribution in [0.5, 0.6) is 5.75 Å². The average Bonchev–Trinajstić information content (AvgIpc) is 2.95. The first-order chi connectivity index (χ1) is 12.8. The molecule has 1 aromatic rings. The molecule has 0 N–H and O–H groups in total. The van der Waals surface area contributed by atoms with Gasteiger partial charge in [0, 0.05) is 30.0 Å². The van der Waals surface area contributed by atoms with Crippen molar-refractivity contribution in [2.24, 2.45) is 5.92 Å². The van der Waals surface area contributed by atoms with E-state index in [2.05, 4.69) is 6.07 Å². The number of halogens is 3. The van der Waals surface area contributed by atoms with Gasteiger partial charge in [-0.3, -0.25) is 4.79 Å². The maximum Gasteiger partial charge on any atom is 0.410 e. The van der Waals surface area contributed by atoms with Gasteiger partial charge in [0.05, 0.1) is 0 Å². The van der Waals surface area contributed by atoms with E-state index in [0.29, 0.717) is 19.4 Å². The third-order valence-corrected chi connectivity index (χ3v) is 6.93. The highest BCUT2D eigenvalue weighted by Crippen LogP contribution is 2.61. The van der Waals surface area contributed by atoms with Crippen molar-refractivity contribution < 1.29 is 19.1 Å². The first-order valence-electron chi connectivity index (χ1n) is 9.13. The molecule has 5 rings (SSSR count). The Hall–Kier alpha value is -1.17. The summed E-state index contributed by atoms with van der Waals surface area (Å²) < 4.78 is 9.76. The third kappa shape index (κ3) is 2.51. The summed E-state index contributed by atoms with van der Waals surface area (Å²) >= 11 is 17.2. The van der Waals surface area contributed by atoms with Gasteiger partial charge in [-0.15, -0.1) is 0 Å². The largest absolute Gasteiger partial charge is 0.481 e. The maximum atomic E-state index is 12.7. The third-order valence-electron chi connectivity index (χ3n) is 6.60. The topological polar surface area (TPSA) is 55.8 Å². The molecule has 1 saturated carbocycles. The number of carbonyl (C=O) groups excluding carboxylic acids is 2. The smallest absolute Gasteiger partial charge is 0.410 e. The molecule has 4 unspecified atom stereocenters. The lowest BCUT2D eigenvalue weighted by molar-refractivity contribution is -0.137. The number of nitrogens with zero attached hydrogens (tertiary/aromatic N) is 1. The summed E-state index contributed by atoms with van der Waals surface area (Å²) in [6, 6.07) is 5.94. The number of alkyl halides is 3. The summed E-state index contributed by atoms with van der Waals surface area (Å²) in [5.74, 6) is 1.18. The van der Waals surface area contributed by atoms with Crippen LogP contribution in [-0.4, -0.2) is 45.9 Å². The Balaban J connectivity index is 1.52. The number of hydrogen-bond acceptors (Lipinski definition) is 4. The Morgan fingerprint density at radius 1 is 1.37 bits per heavy atom. The van der Waals surface area contributed by atoms with Crippen LogP contribution in [0, 0.1) is 5.92 Å². The van der Waals surface area contributed by atoms with Crippen LogP contribution in [0.1, 0.15) is 30.4 Å². The van der Waals surface area contributed by atoms with E-state index in [1.54, 1.807) is 4.90 Å². The first kappa shape index (κ1) is 17.9. The zero-order chi connectivity index (χ0) is 19.0. The minimum absolute atomic E-state index is 0.0401. The molecule has 1 aromatic carbocycles. The summed E-state index contributed by atoms with van der Waals surface area (Å²) in [7, 11) is 0. The number of benzene rings is 1. The molecule has 2 aliphatic heterocycles. The van der Waals surface area contributed by atoms with E-state index >= 15 is 0 Å². The van der Waals surface area contributed by atoms with E-state index in [9.17, 15) is 9.59 Å². The second-order valence-corrected chi connectivity index (χ2v) is 10.3. The molecule has 1 saturated heterocycles. The Bertz CT molecular complexity index is 839. The average molecular weight is 431 g/mol. The molecule has 2 aliphatic carbocycles. The van der Waals surface area contributed by atoms with Crippen molar-refractivity contribution >= 4 is 46.7 Å². The summed E-state index contributed by atoms with van der Waals surface area (Å²) in [6.07, 6.45) is 1.74. The quantitative estimate of drug-likeness (QED) is 0.636. The molecule has 2 fully saturated rings. The van der Waals surface area contributed by atoms with E-state index in [0.717, 1.165) is 24.2 Å². The molecule has 27 heavy (non-hydrogen) atoms. The number of Topliss-reactive ketones (excluding diaryl/α,β-unsaturated/α-hetero) is 1. The van der Waals surface area contributed by atoms with Crippen molar-refractivity contribution in [2.45, 2.75) is 47.0 Å². The summed E-state index contributed by atoms with van der Waals surface area (Å²) in [5, 5.41) is 0. The molecule has 2 bridgehead atoms. The monoisotopic (exact) mass is 429 g/mol. The fourth-order valence-electron chi connectivity index (χ4n) is 5.75. The molecule has 1 amide bonds. The zero-order valence-corrected chi connectivity index (χ0v) is 16.7. The second kappa shape index (κ2) is 5.91. The van der Waals surface area contributed by atoms with Gasteiger partial charge in [-0.25, -0.2) is 4.79 Å². The van der Waals surface area contributed by atoms with Crippen molar-refractivity contribution in [1.29, 1.82) is 0 Å². The molecular weight excluding hydrogens is 413 g/mol. The molecule has 4 aliphatic rings. The number of piperidine rings is 1. The van der Waals surface area contributed by atoms with E-state index in [1.165, 1.54) is 5.56 Å². The van der Waals surface area contributed by atoms with Gasteiger partial charge in [0.25, 0.3) is 0 Å². The Labute approximate surface area is 171 Å². The lowest BCUT2D eigenvalue weighted by Crippen LogP contribution is -2.67. The maximum absolute atomic E-state index is 12.7. The summed E-state index contributed by atoms with van der Waals surface area (Å²) in [5.41, 5.74) is 2.03. The van der Waals surface area contributed by atoms with E-state index in [1.807, 2.05) is 12.1 Å². The minimum atomic E-state index is -1.64. The lowest BCUT2D eigenvalue weighted by Gasteiger charge is -2.57. The van der Waals surface area contributed by atoms with Crippen LogP contribution in [0.15, 0.2) is 18.2 Å². The highest BCUT2D eigenvalue weighted by molar-refractivity contribution is 6.67. The van der Waals surface area contributed by atoms with Gasteiger partial charge in [0.1, 0.15) is 12.4 Å². The predicted octanol–water partition coefficient (Wildman–Crippen LogP) is 3.80. The summed E-state index contributed by atoms with van der Waals surface area (Å²) in [4.78, 5) is 27.1. The highest BCUT2D eigenvalue weighted by atomic mass is 35.6. The number of carbonyl (C=O) groups is 2.